The highest BCUT2D eigenvalue weighted by Crippen LogP contribution is 2.26. The van der Waals surface area contributed by atoms with Crippen LogP contribution in [0.25, 0.3) is 0 Å². The molecule has 0 radical (unpaired) electrons. The quantitative estimate of drug-likeness (QED) is 0.855. The highest BCUT2D eigenvalue weighted by Gasteiger charge is 2.06. The normalized spacial score (nSPS) is 10.3. The van der Waals surface area contributed by atoms with Crippen LogP contribution in [0, 0.1) is 0 Å². The lowest BCUT2D eigenvalue weighted by Crippen LogP contribution is -2.11. The summed E-state index contributed by atoms with van der Waals surface area (Å²) in [5, 5.41) is 0. The van der Waals surface area contributed by atoms with Crippen LogP contribution in [0.1, 0.15) is 11.1 Å². The minimum Gasteiger partial charge on any atom is -0.496 e. The molecule has 100 valence electrons. The van der Waals surface area contributed by atoms with Crippen LogP contribution in [0.3, 0.4) is 0 Å². The molecule has 0 amide bonds. The number of benzene rings is 2. The molecule has 2 aromatic carbocycles. The molecule has 2 rings (SSSR count). The van der Waals surface area contributed by atoms with Crippen molar-refractivity contribution in [2.75, 3.05) is 31.8 Å². The van der Waals surface area contributed by atoms with E-state index in [0.29, 0.717) is 0 Å². The lowest BCUT2D eigenvalue weighted by Gasteiger charge is -2.16. The van der Waals surface area contributed by atoms with Crippen molar-refractivity contribution in [2.24, 2.45) is 0 Å². The predicted molar refractivity (Wildman–Crippen MR) is 81.0 cm³/mol. The number of nitrogens with zero attached hydrogens (tertiary/aromatic N) is 1. The van der Waals surface area contributed by atoms with Gasteiger partial charge in [0.15, 0.2) is 0 Å². The van der Waals surface area contributed by atoms with Crippen molar-refractivity contribution in [3.63, 3.8) is 0 Å². The zero-order valence-corrected chi connectivity index (χ0v) is 11.7. The van der Waals surface area contributed by atoms with Gasteiger partial charge in [0.2, 0.25) is 0 Å². The minimum atomic E-state index is 0.803. The summed E-state index contributed by atoms with van der Waals surface area (Å²) in [6.45, 7) is 0. The smallest absolute Gasteiger partial charge is 0.122 e. The molecule has 19 heavy (non-hydrogen) atoms. The summed E-state index contributed by atoms with van der Waals surface area (Å²) in [4.78, 5) is 2.02. The number of nitrogens with two attached hydrogens (primary N) is 1. The van der Waals surface area contributed by atoms with Crippen molar-refractivity contribution >= 4 is 11.4 Å². The molecular weight excluding hydrogens is 236 g/mol. The number of ether oxygens (including phenoxy) is 1. The lowest BCUT2D eigenvalue weighted by molar-refractivity contribution is 0.410. The third-order valence-electron chi connectivity index (χ3n) is 3.16. The Morgan fingerprint density at radius 3 is 2.47 bits per heavy atom. The van der Waals surface area contributed by atoms with Crippen LogP contribution < -0.4 is 15.4 Å². The van der Waals surface area contributed by atoms with Crippen LogP contribution in [0.4, 0.5) is 11.4 Å². The molecule has 0 aliphatic rings. The minimum absolute atomic E-state index is 0.803. The van der Waals surface area contributed by atoms with E-state index in [-0.39, 0.29) is 0 Å². The van der Waals surface area contributed by atoms with Gasteiger partial charge in [-0.25, -0.2) is 0 Å². The Morgan fingerprint density at radius 2 is 1.84 bits per heavy atom. The molecule has 0 aromatic heterocycles. The van der Waals surface area contributed by atoms with E-state index >= 15 is 0 Å². The van der Waals surface area contributed by atoms with Crippen molar-refractivity contribution in [3.8, 4) is 5.75 Å². The van der Waals surface area contributed by atoms with Gasteiger partial charge >= 0.3 is 0 Å². The summed E-state index contributed by atoms with van der Waals surface area (Å²) in [7, 11) is 5.68. The van der Waals surface area contributed by atoms with Crippen LogP contribution in [-0.4, -0.2) is 21.2 Å². The van der Waals surface area contributed by atoms with Crippen LogP contribution in [-0.2, 0) is 6.42 Å². The molecule has 0 saturated carbocycles. The van der Waals surface area contributed by atoms with E-state index in [0.717, 1.165) is 23.5 Å². The fraction of sp³-hybridized carbons (Fsp3) is 0.250. The summed E-state index contributed by atoms with van der Waals surface area (Å²) in [5.74, 6) is 0.915. The number of methoxy groups -OCH3 is 1. The first-order valence-electron chi connectivity index (χ1n) is 6.29. The molecule has 0 saturated heterocycles. The predicted octanol–water partition coefficient (Wildman–Crippen LogP) is 2.93. The number of para-hydroxylation sites is 1. The van der Waals surface area contributed by atoms with E-state index in [1.165, 1.54) is 11.1 Å². The summed E-state index contributed by atoms with van der Waals surface area (Å²) in [6.07, 6.45) is 0.821. The molecule has 0 atom stereocenters. The van der Waals surface area contributed by atoms with Crippen molar-refractivity contribution < 1.29 is 4.74 Å². The zero-order valence-electron chi connectivity index (χ0n) is 11.7. The van der Waals surface area contributed by atoms with E-state index in [9.17, 15) is 0 Å². The first-order chi connectivity index (χ1) is 9.11. The third-order valence-corrected chi connectivity index (χ3v) is 3.16. The van der Waals surface area contributed by atoms with Gasteiger partial charge in [0.05, 0.1) is 18.5 Å². The first kappa shape index (κ1) is 13.3. The number of nitrogen functional groups attached to an aromatic ring is 1. The zero-order chi connectivity index (χ0) is 13.8. The van der Waals surface area contributed by atoms with E-state index in [2.05, 4.69) is 18.2 Å². The molecule has 0 aliphatic carbocycles. The number of hydrogen-bond acceptors (Lipinski definition) is 3. The largest absolute Gasteiger partial charge is 0.496 e. The van der Waals surface area contributed by atoms with Crippen LogP contribution in [0.5, 0.6) is 5.75 Å². The number of anilines is 2. The average molecular weight is 256 g/mol. The van der Waals surface area contributed by atoms with Crippen molar-refractivity contribution in [1.82, 2.24) is 0 Å². The van der Waals surface area contributed by atoms with Gasteiger partial charge in [0.25, 0.3) is 0 Å². The topological polar surface area (TPSA) is 38.5 Å². The second-order valence-electron chi connectivity index (χ2n) is 4.78. The van der Waals surface area contributed by atoms with Crippen LogP contribution in [0.2, 0.25) is 0 Å². The Bertz CT molecular complexity index is 564. The van der Waals surface area contributed by atoms with Gasteiger partial charge < -0.3 is 15.4 Å². The first-order valence-corrected chi connectivity index (χ1v) is 6.29. The Labute approximate surface area is 114 Å². The molecular formula is C16H20N2O. The monoisotopic (exact) mass is 256 g/mol. The summed E-state index contributed by atoms with van der Waals surface area (Å²) < 4.78 is 5.37. The maximum atomic E-state index is 6.07. The second kappa shape index (κ2) is 5.65. The van der Waals surface area contributed by atoms with Gasteiger partial charge in [0.1, 0.15) is 5.75 Å². The van der Waals surface area contributed by atoms with Gasteiger partial charge in [0, 0.05) is 20.5 Å². The molecule has 2 N–H and O–H groups in total. The summed E-state index contributed by atoms with van der Waals surface area (Å²) >= 11 is 0. The molecule has 0 unspecified atom stereocenters. The maximum absolute atomic E-state index is 6.07. The standard InChI is InChI=1S/C16H20N2O/c1-18(2)15-9-8-12(11-14(15)17)10-13-6-4-5-7-16(13)19-3/h4-9,11H,10,17H2,1-3H3. The summed E-state index contributed by atoms with van der Waals surface area (Å²) in [5.41, 5.74) is 10.3. The third kappa shape index (κ3) is 2.99. The highest BCUT2D eigenvalue weighted by atomic mass is 16.5. The molecule has 0 bridgehead atoms. The number of hydrogen-bond donors (Lipinski definition) is 1. The fourth-order valence-corrected chi connectivity index (χ4v) is 2.19. The van der Waals surface area contributed by atoms with Gasteiger partial charge in [-0.2, -0.15) is 0 Å². The molecule has 3 nitrogen and oxygen atoms in total. The average Bonchev–Trinajstić information content (AvgIpc) is 2.39. The van der Waals surface area contributed by atoms with Gasteiger partial charge in [-0.3, -0.25) is 0 Å². The highest BCUT2D eigenvalue weighted by molar-refractivity contribution is 5.68. The maximum Gasteiger partial charge on any atom is 0.122 e. The molecule has 0 heterocycles. The van der Waals surface area contributed by atoms with Crippen molar-refractivity contribution in [3.05, 3.63) is 53.6 Å². The lowest BCUT2D eigenvalue weighted by atomic mass is 10.0. The van der Waals surface area contributed by atoms with Gasteiger partial charge in [-0.1, -0.05) is 24.3 Å². The Morgan fingerprint density at radius 1 is 1.11 bits per heavy atom. The van der Waals surface area contributed by atoms with E-state index in [4.69, 9.17) is 10.5 Å². The Kier molecular flexibility index (Phi) is 3.95. The van der Waals surface area contributed by atoms with Crippen LogP contribution >= 0.6 is 0 Å². The van der Waals surface area contributed by atoms with E-state index < -0.39 is 0 Å². The Balaban J connectivity index is 2.26. The van der Waals surface area contributed by atoms with Crippen LogP contribution in [0.15, 0.2) is 42.5 Å². The van der Waals surface area contributed by atoms with Crippen molar-refractivity contribution in [1.29, 1.82) is 0 Å². The SMILES string of the molecule is COc1ccccc1Cc1ccc(N(C)C)c(N)c1. The van der Waals surface area contributed by atoms with Gasteiger partial charge in [-0.05, 0) is 29.3 Å². The second-order valence-corrected chi connectivity index (χ2v) is 4.78. The molecule has 0 fully saturated rings. The molecule has 2 aromatic rings. The molecule has 3 heteroatoms. The fourth-order valence-electron chi connectivity index (χ4n) is 2.19. The molecule has 0 aliphatic heterocycles. The number of rotatable bonds is 4. The molecule has 0 spiro atoms. The van der Waals surface area contributed by atoms with E-state index in [1.807, 2.05) is 43.3 Å². The van der Waals surface area contributed by atoms with Gasteiger partial charge in [-0.15, -0.1) is 0 Å². The van der Waals surface area contributed by atoms with E-state index in [1.54, 1.807) is 7.11 Å². The summed E-state index contributed by atoms with van der Waals surface area (Å²) in [6, 6.07) is 14.3. The Hall–Kier alpha value is -2.16. The van der Waals surface area contributed by atoms with Crippen molar-refractivity contribution in [2.45, 2.75) is 6.42 Å².